The summed E-state index contributed by atoms with van der Waals surface area (Å²) in [4.78, 5) is 17.1. The van der Waals surface area contributed by atoms with Crippen molar-refractivity contribution < 1.29 is 13.9 Å². The monoisotopic (exact) mass is 342 g/mol. The minimum Gasteiger partial charge on any atom is -0.481 e. The number of hydrogen-bond donors (Lipinski definition) is 0. The molecule has 1 saturated heterocycles. The Hall–Kier alpha value is -2.40. The zero-order chi connectivity index (χ0) is 17.8. The molecule has 1 amide bonds. The Morgan fingerprint density at radius 1 is 1.12 bits per heavy atom. The number of carbonyl (C=O) groups is 1. The van der Waals surface area contributed by atoms with E-state index in [1.165, 1.54) is 24.3 Å². The van der Waals surface area contributed by atoms with Crippen LogP contribution in [-0.2, 0) is 4.79 Å². The van der Waals surface area contributed by atoms with Gasteiger partial charge in [0.1, 0.15) is 11.6 Å². The number of likely N-dealkylation sites (N-methyl/N-ethyl adjacent to an activating group) is 1. The standard InChI is InChI=1S/C20H23FN2O2/c1-15(25-18-10-8-17(21)9-11-18)20(24)23-13-12-22(2)14-19(23)16-6-4-3-5-7-16/h3-11,15,19H,12-14H2,1-2H3/t15-,19+/m0/s1. The number of halogens is 1. The molecule has 132 valence electrons. The van der Waals surface area contributed by atoms with Gasteiger partial charge < -0.3 is 14.5 Å². The third-order valence-electron chi connectivity index (χ3n) is 4.53. The van der Waals surface area contributed by atoms with Gasteiger partial charge in [-0.1, -0.05) is 30.3 Å². The smallest absolute Gasteiger partial charge is 0.263 e. The lowest BCUT2D eigenvalue weighted by atomic mass is 10.0. The van der Waals surface area contributed by atoms with Crippen molar-refractivity contribution in [3.63, 3.8) is 0 Å². The van der Waals surface area contributed by atoms with E-state index < -0.39 is 6.10 Å². The summed E-state index contributed by atoms with van der Waals surface area (Å²) in [6.45, 7) is 4.02. The van der Waals surface area contributed by atoms with Crippen LogP contribution in [0.4, 0.5) is 4.39 Å². The average Bonchev–Trinajstić information content (AvgIpc) is 2.63. The van der Waals surface area contributed by atoms with E-state index in [0.29, 0.717) is 12.3 Å². The van der Waals surface area contributed by atoms with Gasteiger partial charge in [0.15, 0.2) is 6.10 Å². The Bertz CT molecular complexity index is 705. The molecule has 0 saturated carbocycles. The van der Waals surface area contributed by atoms with Crippen LogP contribution in [0.3, 0.4) is 0 Å². The maximum absolute atomic E-state index is 13.0. The molecule has 0 aromatic heterocycles. The average molecular weight is 342 g/mol. The fourth-order valence-corrected chi connectivity index (χ4v) is 3.14. The van der Waals surface area contributed by atoms with Gasteiger partial charge in [0.05, 0.1) is 6.04 Å². The van der Waals surface area contributed by atoms with E-state index in [2.05, 4.69) is 24.1 Å². The molecule has 1 fully saturated rings. The minimum absolute atomic E-state index is 0.00622. The van der Waals surface area contributed by atoms with Crippen LogP contribution < -0.4 is 4.74 Å². The molecule has 1 aliphatic rings. The molecule has 25 heavy (non-hydrogen) atoms. The van der Waals surface area contributed by atoms with E-state index in [0.717, 1.165) is 18.7 Å². The van der Waals surface area contributed by atoms with Crippen LogP contribution >= 0.6 is 0 Å². The molecule has 4 nitrogen and oxygen atoms in total. The summed E-state index contributed by atoms with van der Waals surface area (Å²) in [5.74, 6) is 0.119. The van der Waals surface area contributed by atoms with Crippen molar-refractivity contribution in [2.75, 3.05) is 26.7 Å². The molecule has 2 aromatic rings. The summed E-state index contributed by atoms with van der Waals surface area (Å²) in [5.41, 5.74) is 1.12. The molecule has 2 aromatic carbocycles. The number of ether oxygens (including phenoxy) is 1. The topological polar surface area (TPSA) is 32.8 Å². The van der Waals surface area contributed by atoms with Gasteiger partial charge in [-0.3, -0.25) is 4.79 Å². The van der Waals surface area contributed by atoms with Crippen LogP contribution in [0.15, 0.2) is 54.6 Å². The lowest BCUT2D eigenvalue weighted by Gasteiger charge is -2.41. The summed E-state index contributed by atoms with van der Waals surface area (Å²) in [6.07, 6.45) is -0.625. The van der Waals surface area contributed by atoms with Crippen molar-refractivity contribution in [2.24, 2.45) is 0 Å². The van der Waals surface area contributed by atoms with E-state index >= 15 is 0 Å². The molecule has 0 unspecified atom stereocenters. The molecule has 3 rings (SSSR count). The van der Waals surface area contributed by atoms with Gasteiger partial charge in [0.2, 0.25) is 0 Å². The molecule has 0 aliphatic carbocycles. The number of hydrogen-bond acceptors (Lipinski definition) is 3. The summed E-state index contributed by atoms with van der Waals surface area (Å²) in [5, 5.41) is 0. The number of amides is 1. The van der Waals surface area contributed by atoms with Crippen LogP contribution in [-0.4, -0.2) is 48.5 Å². The van der Waals surface area contributed by atoms with Gasteiger partial charge in [-0.2, -0.15) is 0 Å². The van der Waals surface area contributed by atoms with Crippen LogP contribution in [0.25, 0.3) is 0 Å². The Labute approximate surface area is 147 Å². The molecular weight excluding hydrogens is 319 g/mol. The molecule has 5 heteroatoms. The second-order valence-corrected chi connectivity index (χ2v) is 6.43. The SMILES string of the molecule is C[C@H](Oc1ccc(F)cc1)C(=O)N1CCN(C)C[C@@H]1c1ccccc1. The van der Waals surface area contributed by atoms with Gasteiger partial charge in [-0.25, -0.2) is 4.39 Å². The molecule has 0 spiro atoms. The van der Waals surface area contributed by atoms with Crippen LogP contribution in [0.1, 0.15) is 18.5 Å². The van der Waals surface area contributed by atoms with Crippen LogP contribution in [0.2, 0.25) is 0 Å². The zero-order valence-corrected chi connectivity index (χ0v) is 14.6. The van der Waals surface area contributed by atoms with Crippen molar-refractivity contribution in [2.45, 2.75) is 19.1 Å². The number of nitrogens with zero attached hydrogens (tertiary/aromatic N) is 2. The molecule has 2 atom stereocenters. The van der Waals surface area contributed by atoms with Crippen molar-refractivity contribution in [3.8, 4) is 5.75 Å². The third-order valence-corrected chi connectivity index (χ3v) is 4.53. The maximum atomic E-state index is 13.0. The number of benzene rings is 2. The predicted molar refractivity (Wildman–Crippen MR) is 94.9 cm³/mol. The van der Waals surface area contributed by atoms with E-state index in [-0.39, 0.29) is 17.8 Å². The van der Waals surface area contributed by atoms with E-state index in [4.69, 9.17) is 4.74 Å². The lowest BCUT2D eigenvalue weighted by Crippen LogP contribution is -2.52. The fraction of sp³-hybridized carbons (Fsp3) is 0.350. The second-order valence-electron chi connectivity index (χ2n) is 6.43. The zero-order valence-electron chi connectivity index (χ0n) is 14.6. The summed E-state index contributed by atoms with van der Waals surface area (Å²) in [7, 11) is 2.07. The Balaban J connectivity index is 1.75. The summed E-state index contributed by atoms with van der Waals surface area (Å²) >= 11 is 0. The van der Waals surface area contributed by atoms with E-state index in [1.807, 2.05) is 23.1 Å². The highest BCUT2D eigenvalue weighted by atomic mass is 19.1. The molecular formula is C20H23FN2O2. The van der Waals surface area contributed by atoms with E-state index in [1.54, 1.807) is 6.92 Å². The quantitative estimate of drug-likeness (QED) is 0.856. The first-order chi connectivity index (χ1) is 12.0. The predicted octanol–water partition coefficient (Wildman–Crippen LogP) is 3.11. The Morgan fingerprint density at radius 2 is 1.80 bits per heavy atom. The number of rotatable bonds is 4. The third kappa shape index (κ3) is 4.17. The van der Waals surface area contributed by atoms with Gasteiger partial charge in [0, 0.05) is 19.6 Å². The maximum Gasteiger partial charge on any atom is 0.263 e. The van der Waals surface area contributed by atoms with E-state index in [9.17, 15) is 9.18 Å². The van der Waals surface area contributed by atoms with Gasteiger partial charge in [-0.05, 0) is 43.8 Å². The van der Waals surface area contributed by atoms with Gasteiger partial charge >= 0.3 is 0 Å². The highest BCUT2D eigenvalue weighted by Crippen LogP contribution is 2.26. The van der Waals surface area contributed by atoms with Gasteiger partial charge in [0.25, 0.3) is 5.91 Å². The van der Waals surface area contributed by atoms with Crippen molar-refractivity contribution in [3.05, 3.63) is 66.0 Å². The number of carbonyl (C=O) groups excluding carboxylic acids is 1. The number of piperazine rings is 1. The molecule has 0 bridgehead atoms. The second kappa shape index (κ2) is 7.66. The summed E-state index contributed by atoms with van der Waals surface area (Å²) in [6, 6.07) is 15.8. The molecule has 0 radical (unpaired) electrons. The highest BCUT2D eigenvalue weighted by molar-refractivity contribution is 5.81. The Morgan fingerprint density at radius 3 is 2.48 bits per heavy atom. The molecule has 1 aliphatic heterocycles. The largest absolute Gasteiger partial charge is 0.481 e. The van der Waals surface area contributed by atoms with Crippen LogP contribution in [0, 0.1) is 5.82 Å². The van der Waals surface area contributed by atoms with Crippen molar-refractivity contribution in [1.82, 2.24) is 9.80 Å². The van der Waals surface area contributed by atoms with Crippen molar-refractivity contribution in [1.29, 1.82) is 0 Å². The highest BCUT2D eigenvalue weighted by Gasteiger charge is 2.33. The normalized spacial score (nSPS) is 19.5. The first-order valence-corrected chi connectivity index (χ1v) is 8.51. The fourth-order valence-electron chi connectivity index (χ4n) is 3.14. The van der Waals surface area contributed by atoms with Crippen LogP contribution in [0.5, 0.6) is 5.75 Å². The molecule has 0 N–H and O–H groups in total. The lowest BCUT2D eigenvalue weighted by molar-refractivity contribution is -0.143. The Kier molecular flexibility index (Phi) is 5.34. The summed E-state index contributed by atoms with van der Waals surface area (Å²) < 4.78 is 18.7. The molecule has 1 heterocycles. The first-order valence-electron chi connectivity index (χ1n) is 8.51. The minimum atomic E-state index is -0.625. The first kappa shape index (κ1) is 17.4. The van der Waals surface area contributed by atoms with Crippen molar-refractivity contribution >= 4 is 5.91 Å². The van der Waals surface area contributed by atoms with Gasteiger partial charge in [-0.15, -0.1) is 0 Å².